The van der Waals surface area contributed by atoms with E-state index in [0.717, 1.165) is 48.4 Å². The standard InChI is InChI=1S/C24H31N5O3/c1-24(2,32)16-26-22(30)17-8-11-28(12-9-17)21-5-3-20(4-6-21)27-23(31)29-14-18-7-10-25-13-19(18)15-29/h3-7,10,13,17,32H,8-9,11-12,14-16H2,1-2H3,(H,26,30)(H,27,31). The third-order valence-corrected chi connectivity index (χ3v) is 6.06. The number of nitrogens with one attached hydrogen (secondary N) is 2. The molecule has 8 heteroatoms. The van der Waals surface area contributed by atoms with Crippen molar-refractivity contribution in [2.24, 2.45) is 5.92 Å². The highest BCUT2D eigenvalue weighted by Gasteiger charge is 2.27. The number of urea groups is 1. The van der Waals surface area contributed by atoms with Gasteiger partial charge in [-0.1, -0.05) is 0 Å². The Labute approximate surface area is 188 Å². The van der Waals surface area contributed by atoms with E-state index in [0.29, 0.717) is 13.1 Å². The molecule has 4 rings (SSSR count). The average Bonchev–Trinajstić information content (AvgIpc) is 3.22. The van der Waals surface area contributed by atoms with Crippen molar-refractivity contribution in [1.82, 2.24) is 15.2 Å². The van der Waals surface area contributed by atoms with Crippen LogP contribution in [-0.4, -0.2) is 52.2 Å². The van der Waals surface area contributed by atoms with Crippen molar-refractivity contribution in [3.63, 3.8) is 0 Å². The van der Waals surface area contributed by atoms with Crippen molar-refractivity contribution in [2.45, 2.75) is 45.4 Å². The Kier molecular flexibility index (Phi) is 6.32. The third-order valence-electron chi connectivity index (χ3n) is 6.06. The van der Waals surface area contributed by atoms with Crippen LogP contribution in [-0.2, 0) is 17.9 Å². The summed E-state index contributed by atoms with van der Waals surface area (Å²) in [6.07, 6.45) is 5.13. The van der Waals surface area contributed by atoms with Crippen LogP contribution in [0.5, 0.6) is 0 Å². The van der Waals surface area contributed by atoms with Crippen LogP contribution in [0.1, 0.15) is 37.8 Å². The summed E-state index contributed by atoms with van der Waals surface area (Å²) in [5, 5.41) is 15.6. The summed E-state index contributed by atoms with van der Waals surface area (Å²) in [6, 6.07) is 9.68. The van der Waals surface area contributed by atoms with Gasteiger partial charge in [0.25, 0.3) is 0 Å². The number of aliphatic hydroxyl groups is 1. The maximum absolute atomic E-state index is 12.6. The number of pyridine rings is 1. The minimum Gasteiger partial charge on any atom is -0.389 e. The van der Waals surface area contributed by atoms with E-state index < -0.39 is 5.60 Å². The molecule has 1 aromatic heterocycles. The van der Waals surface area contributed by atoms with Crippen LogP contribution in [0.15, 0.2) is 42.7 Å². The van der Waals surface area contributed by atoms with Crippen molar-refractivity contribution < 1.29 is 14.7 Å². The molecular weight excluding hydrogens is 406 g/mol. The number of carbonyl (C=O) groups excluding carboxylic acids is 2. The molecule has 1 saturated heterocycles. The molecule has 170 valence electrons. The highest BCUT2D eigenvalue weighted by molar-refractivity contribution is 5.90. The second-order valence-corrected chi connectivity index (χ2v) is 9.27. The SMILES string of the molecule is CC(C)(O)CNC(=O)C1CCN(c2ccc(NC(=O)N3Cc4ccncc4C3)cc2)CC1. The molecular formula is C24H31N5O3. The summed E-state index contributed by atoms with van der Waals surface area (Å²) < 4.78 is 0. The predicted octanol–water partition coefficient (Wildman–Crippen LogP) is 2.73. The van der Waals surface area contributed by atoms with Gasteiger partial charge in [-0.15, -0.1) is 0 Å². The van der Waals surface area contributed by atoms with Gasteiger partial charge in [-0.3, -0.25) is 9.78 Å². The number of anilines is 2. The zero-order valence-electron chi connectivity index (χ0n) is 18.7. The number of hydrogen-bond donors (Lipinski definition) is 3. The summed E-state index contributed by atoms with van der Waals surface area (Å²) in [6.45, 7) is 6.40. The molecule has 0 aliphatic carbocycles. The van der Waals surface area contributed by atoms with E-state index in [4.69, 9.17) is 0 Å². The normalized spacial score (nSPS) is 16.6. The summed E-state index contributed by atoms with van der Waals surface area (Å²) in [5.74, 6) is -0.00312. The summed E-state index contributed by atoms with van der Waals surface area (Å²) in [5.41, 5.74) is 3.17. The number of rotatable bonds is 5. The molecule has 0 radical (unpaired) electrons. The Bertz CT molecular complexity index is 937. The molecule has 8 nitrogen and oxygen atoms in total. The Hall–Kier alpha value is -3.13. The Morgan fingerprint density at radius 3 is 2.44 bits per heavy atom. The Morgan fingerprint density at radius 2 is 1.78 bits per heavy atom. The second kappa shape index (κ2) is 9.16. The molecule has 2 aromatic rings. The van der Waals surface area contributed by atoms with Crippen LogP contribution in [0.4, 0.5) is 16.2 Å². The van der Waals surface area contributed by atoms with Gasteiger partial charge in [0.15, 0.2) is 0 Å². The largest absolute Gasteiger partial charge is 0.389 e. The first kappa shape index (κ1) is 22.1. The zero-order chi connectivity index (χ0) is 22.7. The zero-order valence-corrected chi connectivity index (χ0v) is 18.7. The van der Waals surface area contributed by atoms with Gasteiger partial charge < -0.3 is 25.5 Å². The van der Waals surface area contributed by atoms with Crippen molar-refractivity contribution in [2.75, 3.05) is 29.9 Å². The molecule has 0 unspecified atom stereocenters. The van der Waals surface area contributed by atoms with Crippen LogP contribution in [0.3, 0.4) is 0 Å². The fraction of sp³-hybridized carbons (Fsp3) is 0.458. The summed E-state index contributed by atoms with van der Waals surface area (Å²) >= 11 is 0. The lowest BCUT2D eigenvalue weighted by Crippen LogP contribution is -2.44. The first-order chi connectivity index (χ1) is 15.3. The van der Waals surface area contributed by atoms with Gasteiger partial charge in [-0.25, -0.2) is 4.79 Å². The molecule has 1 aromatic carbocycles. The highest BCUT2D eigenvalue weighted by Crippen LogP contribution is 2.26. The second-order valence-electron chi connectivity index (χ2n) is 9.27. The highest BCUT2D eigenvalue weighted by atomic mass is 16.3. The van der Waals surface area contributed by atoms with Crippen molar-refractivity contribution in [3.8, 4) is 0 Å². The minimum atomic E-state index is -0.899. The van der Waals surface area contributed by atoms with Gasteiger partial charge >= 0.3 is 6.03 Å². The number of benzene rings is 1. The van der Waals surface area contributed by atoms with Gasteiger partial charge in [-0.2, -0.15) is 0 Å². The van der Waals surface area contributed by atoms with Gasteiger partial charge in [-0.05, 0) is 68.1 Å². The van der Waals surface area contributed by atoms with Crippen LogP contribution in [0, 0.1) is 5.92 Å². The third kappa shape index (κ3) is 5.37. The molecule has 0 bridgehead atoms. The van der Waals surface area contributed by atoms with Gasteiger partial charge in [0.05, 0.1) is 5.60 Å². The maximum Gasteiger partial charge on any atom is 0.322 e. The number of piperidine rings is 1. The topological polar surface area (TPSA) is 97.8 Å². The van der Waals surface area contributed by atoms with E-state index in [2.05, 4.69) is 20.5 Å². The Morgan fingerprint density at radius 1 is 1.09 bits per heavy atom. The molecule has 32 heavy (non-hydrogen) atoms. The van der Waals surface area contributed by atoms with E-state index in [1.54, 1.807) is 24.9 Å². The molecule has 0 saturated carbocycles. The molecule has 1 fully saturated rings. The summed E-state index contributed by atoms with van der Waals surface area (Å²) in [7, 11) is 0. The van der Waals surface area contributed by atoms with Crippen LogP contribution < -0.4 is 15.5 Å². The van der Waals surface area contributed by atoms with Crippen molar-refractivity contribution in [3.05, 3.63) is 53.9 Å². The quantitative estimate of drug-likeness (QED) is 0.668. The molecule has 2 aliphatic heterocycles. The smallest absolute Gasteiger partial charge is 0.322 e. The maximum atomic E-state index is 12.6. The average molecular weight is 438 g/mol. The number of fused-ring (bicyclic) bond motifs is 1. The predicted molar refractivity (Wildman–Crippen MR) is 123 cm³/mol. The van der Waals surface area contributed by atoms with E-state index in [-0.39, 0.29) is 24.4 Å². The molecule has 3 N–H and O–H groups in total. The number of amides is 3. The van der Waals surface area contributed by atoms with Gasteiger partial charge in [0.1, 0.15) is 0 Å². The fourth-order valence-corrected chi connectivity index (χ4v) is 4.17. The number of aromatic nitrogens is 1. The van der Waals surface area contributed by atoms with Crippen LogP contribution in [0.25, 0.3) is 0 Å². The Balaban J connectivity index is 1.26. The minimum absolute atomic E-state index is 0.0182. The molecule has 3 amide bonds. The lowest BCUT2D eigenvalue weighted by atomic mass is 9.95. The first-order valence-corrected chi connectivity index (χ1v) is 11.1. The molecule has 2 aliphatic rings. The van der Waals surface area contributed by atoms with E-state index in [9.17, 15) is 14.7 Å². The fourth-order valence-electron chi connectivity index (χ4n) is 4.17. The monoisotopic (exact) mass is 437 g/mol. The van der Waals surface area contributed by atoms with Crippen LogP contribution in [0.2, 0.25) is 0 Å². The van der Waals surface area contributed by atoms with E-state index in [1.807, 2.05) is 36.5 Å². The first-order valence-electron chi connectivity index (χ1n) is 11.1. The number of carbonyl (C=O) groups is 2. The number of hydrogen-bond acceptors (Lipinski definition) is 5. The van der Waals surface area contributed by atoms with Crippen LogP contribution >= 0.6 is 0 Å². The van der Waals surface area contributed by atoms with Gasteiger partial charge in [0.2, 0.25) is 5.91 Å². The molecule has 0 spiro atoms. The van der Waals surface area contributed by atoms with Crippen molar-refractivity contribution >= 4 is 23.3 Å². The lowest BCUT2D eigenvalue weighted by molar-refractivity contribution is -0.126. The molecule has 0 atom stereocenters. The van der Waals surface area contributed by atoms with E-state index >= 15 is 0 Å². The van der Waals surface area contributed by atoms with E-state index in [1.165, 1.54) is 0 Å². The van der Waals surface area contributed by atoms with Crippen molar-refractivity contribution in [1.29, 1.82) is 0 Å². The summed E-state index contributed by atoms with van der Waals surface area (Å²) in [4.78, 5) is 33.1. The lowest BCUT2D eigenvalue weighted by Gasteiger charge is -2.33. The number of nitrogens with zero attached hydrogens (tertiary/aromatic N) is 3. The van der Waals surface area contributed by atoms with Gasteiger partial charge in [0, 0.05) is 62.4 Å². The molecule has 3 heterocycles.